The first-order valence-corrected chi connectivity index (χ1v) is 4.11. The van der Waals surface area contributed by atoms with Gasteiger partial charge in [0, 0.05) is 25.4 Å². The molecule has 1 aliphatic rings. The summed E-state index contributed by atoms with van der Waals surface area (Å²) in [6.45, 7) is 1.90. The van der Waals surface area contributed by atoms with Gasteiger partial charge in [0.15, 0.2) is 0 Å². The molecular weight excluding hydrogens is 150 g/mol. The molecule has 1 aromatic heterocycles. The van der Waals surface area contributed by atoms with Crippen molar-refractivity contribution < 1.29 is 0 Å². The third-order valence-electron chi connectivity index (χ3n) is 1.86. The topological polar surface area (TPSA) is 37.3 Å². The lowest BCUT2D eigenvalue weighted by Crippen LogP contribution is -2.20. The van der Waals surface area contributed by atoms with Crippen LogP contribution in [-0.2, 0) is 6.42 Å². The Balaban J connectivity index is 2.04. The van der Waals surface area contributed by atoms with Gasteiger partial charge in [0.1, 0.15) is 5.84 Å². The van der Waals surface area contributed by atoms with E-state index in [1.54, 1.807) is 0 Å². The minimum atomic E-state index is 0.905. The summed E-state index contributed by atoms with van der Waals surface area (Å²) in [6.07, 6.45) is 4.53. The molecule has 0 spiro atoms. The molecule has 0 saturated carbocycles. The maximum Gasteiger partial charge on any atom is 0.101 e. The molecular formula is C9H11N3. The van der Waals surface area contributed by atoms with Crippen LogP contribution in [0.2, 0.25) is 0 Å². The van der Waals surface area contributed by atoms with E-state index in [1.807, 2.05) is 24.5 Å². The molecule has 1 aromatic rings. The molecule has 0 atom stereocenters. The van der Waals surface area contributed by atoms with Crippen molar-refractivity contribution in [3.8, 4) is 0 Å². The van der Waals surface area contributed by atoms with Gasteiger partial charge >= 0.3 is 0 Å². The van der Waals surface area contributed by atoms with E-state index in [9.17, 15) is 0 Å². The Morgan fingerprint density at radius 3 is 2.83 bits per heavy atom. The fourth-order valence-electron chi connectivity index (χ4n) is 1.26. The van der Waals surface area contributed by atoms with Crippen molar-refractivity contribution in [3.05, 3.63) is 30.1 Å². The van der Waals surface area contributed by atoms with Gasteiger partial charge in [-0.3, -0.25) is 9.98 Å². The van der Waals surface area contributed by atoms with Gasteiger partial charge in [0.2, 0.25) is 0 Å². The maximum atomic E-state index is 4.32. The lowest BCUT2D eigenvalue weighted by atomic mass is 10.2. The van der Waals surface area contributed by atoms with Gasteiger partial charge in [-0.05, 0) is 17.7 Å². The van der Waals surface area contributed by atoms with Gasteiger partial charge in [0.05, 0.1) is 6.54 Å². The van der Waals surface area contributed by atoms with E-state index in [1.165, 1.54) is 5.56 Å². The molecule has 2 heterocycles. The van der Waals surface area contributed by atoms with Crippen LogP contribution < -0.4 is 5.32 Å². The predicted molar refractivity (Wildman–Crippen MR) is 48.2 cm³/mol. The van der Waals surface area contributed by atoms with Crippen LogP contribution in [0, 0.1) is 0 Å². The van der Waals surface area contributed by atoms with Crippen molar-refractivity contribution in [2.24, 2.45) is 4.99 Å². The highest BCUT2D eigenvalue weighted by atomic mass is 15.1. The fourth-order valence-corrected chi connectivity index (χ4v) is 1.26. The molecule has 0 amide bonds. The molecule has 0 unspecified atom stereocenters. The second-order valence-corrected chi connectivity index (χ2v) is 2.79. The number of nitrogens with zero attached hydrogens (tertiary/aromatic N) is 2. The van der Waals surface area contributed by atoms with Gasteiger partial charge < -0.3 is 5.32 Å². The van der Waals surface area contributed by atoms with Gasteiger partial charge in [0.25, 0.3) is 0 Å². The summed E-state index contributed by atoms with van der Waals surface area (Å²) in [6, 6.07) is 4.03. The highest BCUT2D eigenvalue weighted by Gasteiger charge is 2.04. The highest BCUT2D eigenvalue weighted by Crippen LogP contribution is 1.99. The molecule has 62 valence electrons. The molecule has 3 nitrogen and oxygen atoms in total. The third-order valence-corrected chi connectivity index (χ3v) is 1.86. The number of nitrogens with one attached hydrogen (secondary N) is 1. The largest absolute Gasteiger partial charge is 0.372 e. The molecule has 0 radical (unpaired) electrons. The van der Waals surface area contributed by atoms with Crippen molar-refractivity contribution in [2.75, 3.05) is 13.1 Å². The van der Waals surface area contributed by atoms with Crippen LogP contribution in [0.15, 0.2) is 29.5 Å². The van der Waals surface area contributed by atoms with Crippen LogP contribution in [0.4, 0.5) is 0 Å². The average Bonchev–Trinajstić information content (AvgIpc) is 2.59. The number of pyridine rings is 1. The van der Waals surface area contributed by atoms with Crippen molar-refractivity contribution in [2.45, 2.75) is 6.42 Å². The second kappa shape index (κ2) is 3.34. The zero-order chi connectivity index (χ0) is 8.23. The Morgan fingerprint density at radius 1 is 1.33 bits per heavy atom. The number of aliphatic imine (C=N–C) groups is 1. The Labute approximate surface area is 71.6 Å². The Morgan fingerprint density at radius 2 is 2.17 bits per heavy atom. The molecule has 1 N–H and O–H groups in total. The number of rotatable bonds is 2. The molecule has 0 fully saturated rings. The summed E-state index contributed by atoms with van der Waals surface area (Å²) in [4.78, 5) is 8.28. The van der Waals surface area contributed by atoms with Gasteiger partial charge in [-0.15, -0.1) is 0 Å². The van der Waals surface area contributed by atoms with E-state index >= 15 is 0 Å². The van der Waals surface area contributed by atoms with E-state index in [-0.39, 0.29) is 0 Å². The van der Waals surface area contributed by atoms with Gasteiger partial charge in [-0.2, -0.15) is 0 Å². The number of hydrogen-bond acceptors (Lipinski definition) is 3. The number of aromatic nitrogens is 1. The summed E-state index contributed by atoms with van der Waals surface area (Å²) < 4.78 is 0. The Bertz CT molecular complexity index is 279. The lowest BCUT2D eigenvalue weighted by Gasteiger charge is -2.00. The fraction of sp³-hybridized carbons (Fsp3) is 0.333. The van der Waals surface area contributed by atoms with Crippen LogP contribution in [0.3, 0.4) is 0 Å². The third kappa shape index (κ3) is 1.61. The number of hydrogen-bond donors (Lipinski definition) is 1. The molecule has 1 aliphatic heterocycles. The molecule has 3 heteroatoms. The minimum Gasteiger partial charge on any atom is -0.372 e. The van der Waals surface area contributed by atoms with Crippen LogP contribution >= 0.6 is 0 Å². The quantitative estimate of drug-likeness (QED) is 0.690. The lowest BCUT2D eigenvalue weighted by molar-refractivity contribution is 0.953. The van der Waals surface area contributed by atoms with Crippen LogP contribution in [0.25, 0.3) is 0 Å². The smallest absolute Gasteiger partial charge is 0.101 e. The Kier molecular flexibility index (Phi) is 2.03. The van der Waals surface area contributed by atoms with Crippen LogP contribution in [0.1, 0.15) is 5.56 Å². The second-order valence-electron chi connectivity index (χ2n) is 2.79. The molecule has 2 rings (SSSR count). The standard InChI is InChI=1S/C9H11N3/c1-3-10-4-2-8(1)7-9-11-5-6-12-9/h1-4H,5-7H2,(H,11,12). The van der Waals surface area contributed by atoms with Crippen molar-refractivity contribution in [1.82, 2.24) is 10.3 Å². The van der Waals surface area contributed by atoms with E-state index in [4.69, 9.17) is 0 Å². The molecule has 12 heavy (non-hydrogen) atoms. The normalized spacial score (nSPS) is 15.5. The zero-order valence-corrected chi connectivity index (χ0v) is 6.83. The minimum absolute atomic E-state index is 0.905. The summed E-state index contributed by atoms with van der Waals surface area (Å²) in [5, 5.41) is 3.23. The summed E-state index contributed by atoms with van der Waals surface area (Å²) >= 11 is 0. The highest BCUT2D eigenvalue weighted by molar-refractivity contribution is 5.85. The van der Waals surface area contributed by atoms with Crippen molar-refractivity contribution in [1.29, 1.82) is 0 Å². The summed E-state index contributed by atoms with van der Waals surface area (Å²) in [5.41, 5.74) is 1.26. The van der Waals surface area contributed by atoms with E-state index in [0.717, 1.165) is 25.3 Å². The average molecular weight is 161 g/mol. The SMILES string of the molecule is c1cc(CC2=NCCN2)ccn1. The van der Waals surface area contributed by atoms with Crippen molar-refractivity contribution >= 4 is 5.84 Å². The first-order chi connectivity index (χ1) is 5.95. The first kappa shape index (κ1) is 7.28. The van der Waals surface area contributed by atoms with Gasteiger partial charge in [-0.1, -0.05) is 0 Å². The molecule has 0 aliphatic carbocycles. The van der Waals surface area contributed by atoms with Crippen molar-refractivity contribution in [3.63, 3.8) is 0 Å². The summed E-state index contributed by atoms with van der Waals surface area (Å²) in [7, 11) is 0. The van der Waals surface area contributed by atoms with Crippen LogP contribution in [-0.4, -0.2) is 23.9 Å². The molecule has 0 saturated heterocycles. The molecule has 0 bridgehead atoms. The van der Waals surface area contributed by atoms with Crippen LogP contribution in [0.5, 0.6) is 0 Å². The predicted octanol–water partition coefficient (Wildman–Crippen LogP) is 0.626. The van der Waals surface area contributed by atoms with E-state index in [0.29, 0.717) is 0 Å². The van der Waals surface area contributed by atoms with E-state index in [2.05, 4.69) is 15.3 Å². The summed E-state index contributed by atoms with van der Waals surface area (Å²) in [5.74, 6) is 1.10. The monoisotopic (exact) mass is 161 g/mol. The van der Waals surface area contributed by atoms with Gasteiger partial charge in [-0.25, -0.2) is 0 Å². The number of amidine groups is 1. The first-order valence-electron chi connectivity index (χ1n) is 4.11. The Hall–Kier alpha value is -1.38. The van der Waals surface area contributed by atoms with E-state index < -0.39 is 0 Å². The maximum absolute atomic E-state index is 4.32. The molecule has 0 aromatic carbocycles. The zero-order valence-electron chi connectivity index (χ0n) is 6.83.